The predicted molar refractivity (Wildman–Crippen MR) is 103 cm³/mol. The fraction of sp³-hybridized carbons (Fsp3) is 0.684. The number of hydrogen-bond donors (Lipinski definition) is 1. The van der Waals surface area contributed by atoms with Gasteiger partial charge in [0.25, 0.3) is 0 Å². The van der Waals surface area contributed by atoms with E-state index >= 15 is 0 Å². The number of para-hydroxylation sites is 1. The van der Waals surface area contributed by atoms with E-state index in [1.807, 2.05) is 0 Å². The molecular formula is C19H32ClN3O. The van der Waals surface area contributed by atoms with Gasteiger partial charge < -0.3 is 19.8 Å². The van der Waals surface area contributed by atoms with Crippen molar-refractivity contribution in [3.63, 3.8) is 0 Å². The molecular weight excluding hydrogens is 322 g/mol. The summed E-state index contributed by atoms with van der Waals surface area (Å²) in [6.45, 7) is 8.00. The third-order valence-corrected chi connectivity index (χ3v) is 5.31. The minimum absolute atomic E-state index is 0. The van der Waals surface area contributed by atoms with Gasteiger partial charge in [-0.3, -0.25) is 0 Å². The Morgan fingerprint density at radius 2 is 1.67 bits per heavy atom. The van der Waals surface area contributed by atoms with Gasteiger partial charge in [0.05, 0.1) is 6.10 Å². The lowest BCUT2D eigenvalue weighted by Gasteiger charge is -2.33. The molecule has 4 nitrogen and oxygen atoms in total. The Morgan fingerprint density at radius 3 is 2.38 bits per heavy atom. The van der Waals surface area contributed by atoms with Gasteiger partial charge in [-0.25, -0.2) is 0 Å². The van der Waals surface area contributed by atoms with Crippen LogP contribution in [0.3, 0.4) is 0 Å². The number of rotatable bonds is 5. The molecule has 5 heteroatoms. The number of aliphatic hydroxyl groups is 1. The fourth-order valence-electron chi connectivity index (χ4n) is 3.70. The smallest absolute Gasteiger partial charge is 0.0574 e. The Hall–Kier alpha value is -0.810. The van der Waals surface area contributed by atoms with Crippen LogP contribution in [0.5, 0.6) is 0 Å². The Bertz CT molecular complexity index is 483. The van der Waals surface area contributed by atoms with Crippen molar-refractivity contribution in [2.24, 2.45) is 0 Å². The first-order chi connectivity index (χ1) is 11.2. The molecule has 2 saturated heterocycles. The van der Waals surface area contributed by atoms with E-state index in [0.29, 0.717) is 0 Å². The van der Waals surface area contributed by atoms with Gasteiger partial charge in [0.1, 0.15) is 0 Å². The van der Waals surface area contributed by atoms with E-state index in [2.05, 4.69) is 46.0 Å². The van der Waals surface area contributed by atoms with Crippen LogP contribution in [-0.4, -0.2) is 73.9 Å². The molecule has 2 fully saturated rings. The quantitative estimate of drug-likeness (QED) is 0.879. The number of hydrogen-bond acceptors (Lipinski definition) is 4. The topological polar surface area (TPSA) is 30.0 Å². The average molecular weight is 354 g/mol. The van der Waals surface area contributed by atoms with Gasteiger partial charge in [0, 0.05) is 45.0 Å². The number of halogens is 1. The molecule has 1 aromatic carbocycles. The van der Waals surface area contributed by atoms with E-state index < -0.39 is 0 Å². The normalized spacial score (nSPS) is 20.8. The Balaban J connectivity index is 0.00000208. The highest BCUT2D eigenvalue weighted by Crippen LogP contribution is 2.25. The van der Waals surface area contributed by atoms with Gasteiger partial charge in [-0.2, -0.15) is 0 Å². The zero-order chi connectivity index (χ0) is 16.1. The third-order valence-electron chi connectivity index (χ3n) is 5.31. The van der Waals surface area contributed by atoms with Crippen molar-refractivity contribution in [3.8, 4) is 0 Å². The molecule has 0 aliphatic carbocycles. The lowest BCUT2D eigenvalue weighted by molar-refractivity contribution is 0.145. The first-order valence-electron chi connectivity index (χ1n) is 9.14. The second kappa shape index (κ2) is 9.62. The summed E-state index contributed by atoms with van der Waals surface area (Å²) in [5.74, 6) is 0. The molecule has 2 heterocycles. The molecule has 0 aromatic heterocycles. The summed E-state index contributed by atoms with van der Waals surface area (Å²) >= 11 is 0. The SMILES string of the molecule is CN1CCN(CCCc2ccccc2N2CCC(O)CC2)CC1.Cl. The number of benzene rings is 1. The Kier molecular flexibility index (Phi) is 7.82. The van der Waals surface area contributed by atoms with E-state index in [1.54, 1.807) is 0 Å². The first kappa shape index (κ1) is 19.5. The second-order valence-electron chi connectivity index (χ2n) is 7.10. The molecule has 0 atom stereocenters. The van der Waals surface area contributed by atoms with Crippen LogP contribution >= 0.6 is 12.4 Å². The number of aryl methyl sites for hydroxylation is 1. The molecule has 136 valence electrons. The van der Waals surface area contributed by atoms with Gasteiger partial charge in [0.2, 0.25) is 0 Å². The van der Waals surface area contributed by atoms with Crippen molar-refractivity contribution < 1.29 is 5.11 Å². The van der Waals surface area contributed by atoms with Gasteiger partial charge >= 0.3 is 0 Å². The van der Waals surface area contributed by atoms with E-state index in [9.17, 15) is 5.11 Å². The zero-order valence-electron chi connectivity index (χ0n) is 14.9. The maximum absolute atomic E-state index is 9.71. The highest BCUT2D eigenvalue weighted by Gasteiger charge is 2.19. The minimum atomic E-state index is -0.101. The van der Waals surface area contributed by atoms with Gasteiger partial charge in [0.15, 0.2) is 0 Å². The molecule has 3 rings (SSSR count). The van der Waals surface area contributed by atoms with Crippen LogP contribution in [0, 0.1) is 0 Å². The highest BCUT2D eigenvalue weighted by molar-refractivity contribution is 5.85. The fourth-order valence-corrected chi connectivity index (χ4v) is 3.70. The van der Waals surface area contributed by atoms with Crippen molar-refractivity contribution in [3.05, 3.63) is 29.8 Å². The average Bonchev–Trinajstić information content (AvgIpc) is 2.58. The van der Waals surface area contributed by atoms with Crippen LogP contribution < -0.4 is 4.90 Å². The highest BCUT2D eigenvalue weighted by atomic mass is 35.5. The first-order valence-corrected chi connectivity index (χ1v) is 9.14. The standard InChI is InChI=1S/C19H31N3O.ClH/c1-20-13-15-21(16-14-20)10-4-6-17-5-2-3-7-19(17)22-11-8-18(23)9-12-22;/h2-3,5,7,18,23H,4,6,8-16H2,1H3;1H. The molecule has 1 N–H and O–H groups in total. The van der Waals surface area contributed by atoms with Gasteiger partial charge in [-0.05, 0) is 50.9 Å². The van der Waals surface area contributed by atoms with Crippen LogP contribution in [0.1, 0.15) is 24.8 Å². The number of piperazine rings is 1. The summed E-state index contributed by atoms with van der Waals surface area (Å²) in [4.78, 5) is 7.47. The van der Waals surface area contributed by atoms with Crippen LogP contribution in [0.25, 0.3) is 0 Å². The van der Waals surface area contributed by atoms with Crippen molar-refractivity contribution in [2.45, 2.75) is 31.8 Å². The molecule has 2 aliphatic rings. The largest absolute Gasteiger partial charge is 0.393 e. The van der Waals surface area contributed by atoms with Gasteiger partial charge in [-0.1, -0.05) is 18.2 Å². The van der Waals surface area contributed by atoms with Crippen molar-refractivity contribution in [1.82, 2.24) is 9.80 Å². The summed E-state index contributed by atoms with van der Waals surface area (Å²) in [5.41, 5.74) is 2.86. The van der Waals surface area contributed by atoms with E-state index in [4.69, 9.17) is 0 Å². The molecule has 0 unspecified atom stereocenters. The van der Waals surface area contributed by atoms with Crippen LogP contribution in [0.15, 0.2) is 24.3 Å². The van der Waals surface area contributed by atoms with E-state index in [1.165, 1.54) is 50.4 Å². The summed E-state index contributed by atoms with van der Waals surface area (Å²) in [7, 11) is 2.21. The maximum atomic E-state index is 9.71. The third kappa shape index (κ3) is 5.35. The molecule has 1 aromatic rings. The van der Waals surface area contributed by atoms with Crippen molar-refractivity contribution in [1.29, 1.82) is 0 Å². The predicted octanol–water partition coefficient (Wildman–Crippen LogP) is 2.25. The monoisotopic (exact) mass is 353 g/mol. The van der Waals surface area contributed by atoms with Crippen molar-refractivity contribution >= 4 is 18.1 Å². The van der Waals surface area contributed by atoms with Crippen molar-refractivity contribution in [2.75, 3.05) is 57.8 Å². The summed E-state index contributed by atoms with van der Waals surface area (Å²) < 4.78 is 0. The lowest BCUT2D eigenvalue weighted by atomic mass is 10.0. The summed E-state index contributed by atoms with van der Waals surface area (Å²) in [6, 6.07) is 8.84. The summed E-state index contributed by atoms with van der Waals surface area (Å²) in [6.07, 6.45) is 4.08. The van der Waals surface area contributed by atoms with Crippen LogP contribution in [0.2, 0.25) is 0 Å². The molecule has 2 aliphatic heterocycles. The molecule has 24 heavy (non-hydrogen) atoms. The number of nitrogens with zero attached hydrogens (tertiary/aromatic N) is 3. The summed E-state index contributed by atoms with van der Waals surface area (Å²) in [5, 5.41) is 9.71. The molecule has 0 amide bonds. The molecule has 0 saturated carbocycles. The second-order valence-corrected chi connectivity index (χ2v) is 7.10. The van der Waals surface area contributed by atoms with E-state index in [0.717, 1.165) is 32.4 Å². The molecule has 0 radical (unpaired) electrons. The lowest BCUT2D eigenvalue weighted by Crippen LogP contribution is -2.44. The Labute approximate surface area is 152 Å². The maximum Gasteiger partial charge on any atom is 0.0574 e. The minimum Gasteiger partial charge on any atom is -0.393 e. The number of aliphatic hydroxyl groups excluding tert-OH is 1. The number of piperidine rings is 1. The number of likely N-dealkylation sites (N-methyl/N-ethyl adjacent to an activating group) is 1. The molecule has 0 bridgehead atoms. The molecule has 0 spiro atoms. The van der Waals surface area contributed by atoms with Crippen LogP contribution in [-0.2, 0) is 6.42 Å². The Morgan fingerprint density at radius 1 is 1.00 bits per heavy atom. The number of anilines is 1. The zero-order valence-corrected chi connectivity index (χ0v) is 15.7. The van der Waals surface area contributed by atoms with Gasteiger partial charge in [-0.15, -0.1) is 12.4 Å². The van der Waals surface area contributed by atoms with Crippen LogP contribution in [0.4, 0.5) is 5.69 Å². The van der Waals surface area contributed by atoms with E-state index in [-0.39, 0.29) is 18.5 Å².